The van der Waals surface area contributed by atoms with Gasteiger partial charge in [0.05, 0.1) is 27.8 Å². The van der Waals surface area contributed by atoms with Gasteiger partial charge in [0.25, 0.3) is 0 Å². The fourth-order valence-electron chi connectivity index (χ4n) is 8.80. The van der Waals surface area contributed by atoms with Gasteiger partial charge in [-0.25, -0.2) is 0 Å². The van der Waals surface area contributed by atoms with E-state index in [1.54, 1.807) is 13.0 Å². The number of aryl methyl sites for hydroxylation is 3. The Bertz CT molecular complexity index is 3410. The third kappa shape index (κ3) is 30.9. The highest BCUT2D eigenvalue weighted by Crippen LogP contribution is 2.55. The van der Waals surface area contributed by atoms with Crippen LogP contribution in [0.4, 0.5) is 114 Å². The largest absolute Gasteiger partial charge is 0.460 e. The Kier molecular flexibility index (Phi) is 35.1. The molecule has 0 saturated heterocycles. The highest BCUT2D eigenvalue weighted by Gasteiger charge is 2.74. The second-order valence-electron chi connectivity index (χ2n) is 27.7. The number of benzene rings is 4. The predicted octanol–water partition coefficient (Wildman–Crippen LogP) is 28.0. The molecule has 3 aliphatic carbocycles. The van der Waals surface area contributed by atoms with Gasteiger partial charge in [0.2, 0.25) is 0 Å². The van der Waals surface area contributed by atoms with Gasteiger partial charge in [0.1, 0.15) is 0 Å². The molecule has 0 N–H and O–H groups in total. The summed E-state index contributed by atoms with van der Waals surface area (Å²) in [5, 5.41) is 0. The van der Waals surface area contributed by atoms with Crippen LogP contribution in [0.2, 0.25) is 0 Å². The maximum atomic E-state index is 13.7. The summed E-state index contributed by atoms with van der Waals surface area (Å²) in [6.07, 6.45) is 6.57. The van der Waals surface area contributed by atoms with Crippen LogP contribution in [0.15, 0.2) is 66.7 Å². The first-order valence-electron chi connectivity index (χ1n) is 31.7. The van der Waals surface area contributed by atoms with Crippen LogP contribution >= 0.6 is 0 Å². The molecule has 3 aliphatic rings. The Balaban J connectivity index is 0. The zero-order valence-electron chi connectivity index (χ0n) is 60.0. The highest BCUT2D eigenvalue weighted by molar-refractivity contribution is 5.43. The summed E-state index contributed by atoms with van der Waals surface area (Å²) in [4.78, 5) is 0. The molecule has 0 heterocycles. The quantitative estimate of drug-likeness (QED) is 0.133. The van der Waals surface area contributed by atoms with Crippen molar-refractivity contribution in [1.29, 1.82) is 0 Å². The van der Waals surface area contributed by atoms with Gasteiger partial charge in [-0.05, 0) is 204 Å². The molecule has 0 aliphatic heterocycles. The molecule has 0 radical (unpaired) electrons. The van der Waals surface area contributed by atoms with E-state index in [1.807, 2.05) is 20.8 Å². The minimum absolute atomic E-state index is 0.0258. The Morgan fingerprint density at radius 1 is 0.382 bits per heavy atom. The fourth-order valence-corrected chi connectivity index (χ4v) is 8.80. The molecule has 0 amide bonds. The van der Waals surface area contributed by atoms with Crippen LogP contribution in [-0.4, -0.2) is 18.0 Å². The third-order valence-electron chi connectivity index (χ3n) is 16.9. The first-order chi connectivity index (χ1) is 45.5. The van der Waals surface area contributed by atoms with Crippen molar-refractivity contribution in [2.24, 2.45) is 27.1 Å². The van der Waals surface area contributed by atoms with E-state index in [2.05, 4.69) is 72.1 Å². The Morgan fingerprint density at radius 2 is 0.765 bits per heavy atom. The van der Waals surface area contributed by atoms with Crippen molar-refractivity contribution < 1.29 is 114 Å². The third-order valence-corrected chi connectivity index (χ3v) is 16.9. The topological polar surface area (TPSA) is 0 Å². The Morgan fingerprint density at radius 3 is 1.04 bits per heavy atom. The molecule has 7 rings (SSSR count). The molecule has 0 atom stereocenters. The Labute approximate surface area is 583 Å². The SMILES string of the molecule is C#CC(C)(C)C.C#CC(C)(C)CC.C#CC1(C)CC1.C#CC1(CC)CCCC1.CC1(C)CCCC1.Cc1c(C(F)(F)C(C)(F)F)cccc1C(F)(F)C(F)(F)C(F)(F)F.Cc1cc(C(F)(F)F)cc(C(F)(F)F)c1C.Cc1ccc(C(F)(F)F)cc1C(F)(F)F.Cc1cccc(C(F)(F)F)c1C. The molecule has 0 bridgehead atoms. The average molecular weight is 1500 g/mol. The van der Waals surface area contributed by atoms with E-state index in [4.69, 9.17) is 25.7 Å². The number of hydrogen-bond acceptors (Lipinski definition) is 0. The van der Waals surface area contributed by atoms with Crippen LogP contribution in [0.3, 0.4) is 0 Å². The summed E-state index contributed by atoms with van der Waals surface area (Å²) in [6.45, 7) is 28.0. The van der Waals surface area contributed by atoms with Crippen molar-refractivity contribution in [3.05, 3.63) is 139 Å². The molecule has 576 valence electrons. The molecule has 26 heteroatoms. The van der Waals surface area contributed by atoms with Crippen molar-refractivity contribution in [2.75, 3.05) is 0 Å². The molecule has 0 spiro atoms. The van der Waals surface area contributed by atoms with E-state index in [0.717, 1.165) is 32.4 Å². The normalized spacial score (nSPS) is 15.7. The number of hydrogen-bond donors (Lipinski definition) is 0. The first kappa shape index (κ1) is 97.4. The van der Waals surface area contributed by atoms with Crippen LogP contribution < -0.4 is 0 Å². The van der Waals surface area contributed by atoms with Gasteiger partial charge < -0.3 is 0 Å². The lowest BCUT2D eigenvalue weighted by Gasteiger charge is -2.31. The van der Waals surface area contributed by atoms with Crippen molar-refractivity contribution in [3.8, 4) is 49.4 Å². The second-order valence-corrected chi connectivity index (χ2v) is 27.7. The van der Waals surface area contributed by atoms with E-state index >= 15 is 0 Å². The maximum absolute atomic E-state index is 13.7. The highest BCUT2D eigenvalue weighted by atomic mass is 19.4. The van der Waals surface area contributed by atoms with E-state index in [9.17, 15) is 114 Å². The lowest BCUT2D eigenvalue weighted by atomic mass is 9.85. The number of halogens is 26. The second kappa shape index (κ2) is 36.8. The standard InChI is InChI=1S/C13H9F11.C10H8F6.C9H6F6.C9H9F3.C9H14.C7H14.C7H12.C6H8.C6H10/c1-6-7(10(16,17)9(2,14)15)4-3-5-8(6)11(18,19)12(20,21)13(22,23)24;1-5-3-7(9(11,12)13)4-8(6(5)2)10(14,15)16;1-5-2-3-6(8(10,11)12)4-7(5)9(13,14)15;1-6-4-3-5-8(7(6)2)9(10,11)12;1-3-9(4-2)7-5-6-8-9;1-7(2)5-3-4-6-7;1-5-7(3,4)6-2;1-3-6(2)4-5-6;1-5-6(2,3)4/h3-5H,1-2H3;3-4H,1-2H3;2-4H,1H3;3-5H,1-2H3;1H,4-8H2,2H3;3-6H2,1-2H3;1H,6H2,2-4H3;1H,4-5H2,2H3;1H,2-4H3. The molecule has 0 nitrogen and oxygen atoms in total. The van der Waals surface area contributed by atoms with E-state index in [0.29, 0.717) is 46.4 Å². The smallest absolute Gasteiger partial charge is 0.200 e. The van der Waals surface area contributed by atoms with Gasteiger partial charge in [0.15, 0.2) is 0 Å². The van der Waals surface area contributed by atoms with Gasteiger partial charge in [-0.1, -0.05) is 95.7 Å². The summed E-state index contributed by atoms with van der Waals surface area (Å²) in [5.41, 5.74) is -8.93. The molecular formula is C76H90F26. The van der Waals surface area contributed by atoms with Crippen molar-refractivity contribution in [1.82, 2.24) is 0 Å². The fraction of sp³-hybridized carbons (Fsp3) is 0.579. The zero-order valence-corrected chi connectivity index (χ0v) is 60.0. The maximum Gasteiger partial charge on any atom is 0.460 e. The van der Waals surface area contributed by atoms with Gasteiger partial charge >= 0.3 is 60.7 Å². The molecule has 3 saturated carbocycles. The molecule has 0 aromatic heterocycles. The minimum atomic E-state index is -6.68. The van der Waals surface area contributed by atoms with Crippen LogP contribution in [0, 0.1) is 118 Å². The summed E-state index contributed by atoms with van der Waals surface area (Å²) >= 11 is 0. The average Bonchev–Trinajstić information content (AvgIpc) is 0.937. The van der Waals surface area contributed by atoms with Gasteiger partial charge in [-0.3, -0.25) is 0 Å². The summed E-state index contributed by atoms with van der Waals surface area (Å²) in [6, 6.07) is 7.18. The summed E-state index contributed by atoms with van der Waals surface area (Å²) in [5.74, 6) is -11.4. The van der Waals surface area contributed by atoms with Gasteiger partial charge in [0, 0.05) is 39.7 Å². The van der Waals surface area contributed by atoms with E-state index in [-0.39, 0.29) is 64.8 Å². The summed E-state index contributed by atoms with van der Waals surface area (Å²) in [7, 11) is 0. The van der Waals surface area contributed by atoms with Crippen LogP contribution in [-0.2, 0) is 42.7 Å². The van der Waals surface area contributed by atoms with Crippen LogP contribution in [0.5, 0.6) is 0 Å². The molecule has 102 heavy (non-hydrogen) atoms. The van der Waals surface area contributed by atoms with E-state index < -0.39 is 105 Å². The first-order valence-corrected chi connectivity index (χ1v) is 31.7. The molecular weight excluding hydrogens is 1410 g/mol. The molecule has 0 unspecified atom stereocenters. The van der Waals surface area contributed by atoms with Crippen LogP contribution in [0.25, 0.3) is 0 Å². The summed E-state index contributed by atoms with van der Waals surface area (Å²) < 4.78 is 327. The number of rotatable bonds is 6. The molecule has 4 aromatic rings. The lowest BCUT2D eigenvalue weighted by molar-refractivity contribution is -0.359. The lowest BCUT2D eigenvalue weighted by Crippen LogP contribution is -2.50. The molecule has 4 aromatic carbocycles. The van der Waals surface area contributed by atoms with Crippen molar-refractivity contribution >= 4 is 0 Å². The van der Waals surface area contributed by atoms with Gasteiger partial charge in [-0.15, -0.1) is 43.5 Å². The monoisotopic (exact) mass is 1500 g/mol. The predicted molar refractivity (Wildman–Crippen MR) is 348 cm³/mol. The zero-order chi connectivity index (χ0) is 81.1. The number of terminal acetylenes is 4. The van der Waals surface area contributed by atoms with Crippen molar-refractivity contribution in [2.45, 2.75) is 256 Å². The van der Waals surface area contributed by atoms with Crippen molar-refractivity contribution in [3.63, 3.8) is 0 Å². The Hall–Kier alpha value is -6.70. The minimum Gasteiger partial charge on any atom is -0.200 e. The van der Waals surface area contributed by atoms with Crippen LogP contribution in [0.1, 0.15) is 226 Å². The van der Waals surface area contributed by atoms with Gasteiger partial charge in [-0.2, -0.15) is 114 Å². The molecule has 3 fully saturated rings. The van der Waals surface area contributed by atoms with E-state index in [1.165, 1.54) is 90.5 Å². The number of alkyl halides is 26.